The quantitative estimate of drug-likeness (QED) is 0.142. The first-order chi connectivity index (χ1) is 27.1. The topological polar surface area (TPSA) is 246 Å². The number of hydrogen-bond acceptors (Lipinski definition) is 11. The van der Waals surface area contributed by atoms with Gasteiger partial charge in [0.2, 0.25) is 20.0 Å². The van der Waals surface area contributed by atoms with Crippen molar-refractivity contribution >= 4 is 78.2 Å². The summed E-state index contributed by atoms with van der Waals surface area (Å²) >= 11 is 12.3. The van der Waals surface area contributed by atoms with Crippen LogP contribution in [-0.4, -0.2) is 120 Å². The summed E-state index contributed by atoms with van der Waals surface area (Å²) in [5.74, 6) is -6.08. The van der Waals surface area contributed by atoms with E-state index >= 15 is 0 Å². The van der Waals surface area contributed by atoms with Crippen molar-refractivity contribution in [3.63, 3.8) is 0 Å². The fourth-order valence-corrected chi connectivity index (χ4v) is 7.27. The molecule has 328 valence electrons. The molecule has 0 spiro atoms. The number of amides is 1. The molecule has 0 bridgehead atoms. The van der Waals surface area contributed by atoms with Gasteiger partial charge in [-0.3, -0.25) is 9.10 Å². The van der Waals surface area contributed by atoms with Gasteiger partial charge in [-0.1, -0.05) is 29.3 Å². The summed E-state index contributed by atoms with van der Waals surface area (Å²) in [6.45, 7) is 2.48. The van der Waals surface area contributed by atoms with Crippen LogP contribution in [0.1, 0.15) is 15.9 Å². The summed E-state index contributed by atoms with van der Waals surface area (Å²) in [4.78, 5) is 33.3. The third-order valence-corrected chi connectivity index (χ3v) is 11.5. The molecule has 0 aromatic heterocycles. The van der Waals surface area contributed by atoms with Gasteiger partial charge < -0.3 is 37.2 Å². The van der Waals surface area contributed by atoms with E-state index in [4.69, 9.17) is 54.5 Å². The van der Waals surface area contributed by atoms with Crippen molar-refractivity contribution in [1.29, 1.82) is 0 Å². The zero-order chi connectivity index (χ0) is 45.1. The molecule has 0 saturated carbocycles. The number of carboxylic acid groups (broad SMARTS) is 2. The fraction of sp³-hybridized carbons (Fsp3) is 0.364. The molecule has 16 nitrogen and oxygen atoms in total. The van der Waals surface area contributed by atoms with Crippen molar-refractivity contribution in [2.75, 3.05) is 67.1 Å². The first-order valence-electron chi connectivity index (χ1n) is 16.5. The van der Waals surface area contributed by atoms with Crippen LogP contribution >= 0.6 is 23.2 Å². The highest BCUT2D eigenvalue weighted by molar-refractivity contribution is 7.92. The number of carbonyl (C=O) groups excluding carboxylic acids is 1. The largest absolute Gasteiger partial charge is 0.490 e. The Bertz CT molecular complexity index is 2110. The summed E-state index contributed by atoms with van der Waals surface area (Å²) in [7, 11) is -6.10. The van der Waals surface area contributed by atoms with Gasteiger partial charge in [0.05, 0.1) is 22.4 Å². The van der Waals surface area contributed by atoms with Gasteiger partial charge in [0.15, 0.2) is 0 Å². The maximum atomic E-state index is 13.4. The number of carbonyl (C=O) groups is 3. The number of halogens is 8. The minimum Gasteiger partial charge on any atom is -0.475 e. The molecule has 3 aromatic rings. The smallest absolute Gasteiger partial charge is 0.475 e. The maximum absolute atomic E-state index is 13.4. The summed E-state index contributed by atoms with van der Waals surface area (Å²) in [5.41, 5.74) is 13.6. The Labute approximate surface area is 344 Å². The monoisotopic (exact) mass is 925 g/mol. The minimum atomic E-state index is -5.08. The Kier molecular flexibility index (Phi) is 18.2. The Morgan fingerprint density at radius 2 is 1.29 bits per heavy atom. The standard InChI is InChI=1S/C29H37Cl2N7O5S2.2C2HF3O2/c1-36(44(2,40)41)28-8-3-20(19-34-24(17-32)18-33)13-27(28)29(39)35-23-4-6-26(7-5-23)45(42,43)38-11-9-37(10-12-38)25-15-21(30)14-22(31)16-25;2*3-2(4,5)1(6)7/h3-8,13-16,24,34H,9-12,17-19,32-33H2,1-2H3,(H,35,39);2*(H,6,7). The molecule has 0 radical (unpaired) electrons. The Morgan fingerprint density at radius 3 is 1.71 bits per heavy atom. The number of nitrogens with two attached hydrogens (primary N) is 2. The van der Waals surface area contributed by atoms with Gasteiger partial charge in [-0.25, -0.2) is 26.4 Å². The van der Waals surface area contributed by atoms with Crippen molar-refractivity contribution in [2.45, 2.75) is 29.8 Å². The van der Waals surface area contributed by atoms with Crippen molar-refractivity contribution in [2.24, 2.45) is 11.5 Å². The number of nitrogens with zero attached hydrogens (tertiary/aromatic N) is 3. The van der Waals surface area contributed by atoms with Crippen molar-refractivity contribution in [1.82, 2.24) is 9.62 Å². The SMILES string of the molecule is CN(c1ccc(CNC(CN)CN)cc1C(=O)Nc1ccc(S(=O)(=O)N2CCN(c3cc(Cl)cc(Cl)c3)CC2)cc1)S(C)(=O)=O.O=C(O)C(F)(F)F.O=C(O)C(F)(F)F. The van der Waals surface area contributed by atoms with Crippen molar-refractivity contribution < 1.29 is 67.8 Å². The second-order valence-corrected chi connectivity index (χ2v) is 17.1. The molecule has 26 heteroatoms. The lowest BCUT2D eigenvalue weighted by atomic mass is 10.1. The summed E-state index contributed by atoms with van der Waals surface area (Å²) in [5, 5.41) is 21.2. The first kappa shape index (κ1) is 50.7. The molecule has 59 heavy (non-hydrogen) atoms. The number of hydrogen-bond donors (Lipinski definition) is 6. The zero-order valence-corrected chi connectivity index (χ0v) is 34.0. The van der Waals surface area contributed by atoms with Gasteiger partial charge in [0.1, 0.15) is 0 Å². The summed E-state index contributed by atoms with van der Waals surface area (Å²) < 4.78 is 117. The van der Waals surface area contributed by atoms with E-state index in [0.29, 0.717) is 48.5 Å². The van der Waals surface area contributed by atoms with E-state index in [1.54, 1.807) is 36.4 Å². The fourth-order valence-electron chi connectivity index (χ4n) is 4.82. The maximum Gasteiger partial charge on any atom is 0.490 e. The van der Waals surface area contributed by atoms with Crippen LogP contribution in [0.15, 0.2) is 65.6 Å². The lowest BCUT2D eigenvalue weighted by molar-refractivity contribution is -0.193. The number of carboxylic acids is 2. The summed E-state index contributed by atoms with van der Waals surface area (Å²) in [6, 6.07) is 15.8. The molecular formula is C33H39Cl2F6N7O9S2. The number of nitrogens with one attached hydrogen (secondary N) is 2. The molecule has 4 rings (SSSR count). The number of rotatable bonds is 12. The lowest BCUT2D eigenvalue weighted by Gasteiger charge is -2.35. The molecule has 8 N–H and O–H groups in total. The van der Waals surface area contributed by atoms with Crippen molar-refractivity contribution in [3.8, 4) is 0 Å². The number of aliphatic carboxylic acids is 2. The van der Waals surface area contributed by atoms with Crippen LogP contribution in [0.5, 0.6) is 0 Å². The number of anilines is 3. The average molecular weight is 927 g/mol. The molecule has 0 unspecified atom stereocenters. The highest BCUT2D eigenvalue weighted by Crippen LogP contribution is 2.29. The minimum absolute atomic E-state index is 0.0830. The number of piperazine rings is 1. The van der Waals surface area contributed by atoms with E-state index in [1.165, 1.54) is 35.6 Å². The van der Waals surface area contributed by atoms with Gasteiger partial charge in [-0.15, -0.1) is 0 Å². The predicted molar refractivity (Wildman–Crippen MR) is 208 cm³/mol. The molecule has 0 aliphatic carbocycles. The highest BCUT2D eigenvalue weighted by Gasteiger charge is 2.39. The third-order valence-electron chi connectivity index (χ3n) is 7.99. The number of benzene rings is 3. The molecule has 1 aliphatic rings. The first-order valence-corrected chi connectivity index (χ1v) is 20.6. The molecule has 1 fully saturated rings. The molecule has 1 aliphatic heterocycles. The van der Waals surface area contributed by atoms with Crippen LogP contribution in [0.4, 0.5) is 43.4 Å². The van der Waals surface area contributed by atoms with E-state index in [-0.39, 0.29) is 35.3 Å². The van der Waals surface area contributed by atoms with E-state index < -0.39 is 50.2 Å². The second kappa shape index (κ2) is 21.2. The Morgan fingerprint density at radius 1 is 0.814 bits per heavy atom. The lowest BCUT2D eigenvalue weighted by Crippen LogP contribution is -2.48. The second-order valence-electron chi connectivity index (χ2n) is 12.2. The zero-order valence-electron chi connectivity index (χ0n) is 30.9. The molecule has 0 atom stereocenters. The Hall–Kier alpha value is -4.43. The van der Waals surface area contributed by atoms with E-state index in [1.807, 2.05) is 4.90 Å². The van der Waals surface area contributed by atoms with Gasteiger partial charge in [-0.05, 0) is 60.2 Å². The molecule has 3 aromatic carbocycles. The molecule has 1 amide bonds. The van der Waals surface area contributed by atoms with Crippen LogP contribution in [0.3, 0.4) is 0 Å². The Balaban J connectivity index is 0.000000732. The van der Waals surface area contributed by atoms with Gasteiger partial charge >= 0.3 is 24.3 Å². The van der Waals surface area contributed by atoms with Crippen LogP contribution in [0.2, 0.25) is 10.0 Å². The van der Waals surface area contributed by atoms with Crippen LogP contribution in [0, 0.1) is 0 Å². The normalized spacial score (nSPS) is 13.7. The molecular weight excluding hydrogens is 887 g/mol. The van der Waals surface area contributed by atoms with Crippen molar-refractivity contribution in [3.05, 3.63) is 81.8 Å². The van der Waals surface area contributed by atoms with Gasteiger partial charge in [0.25, 0.3) is 5.91 Å². The molecule has 1 heterocycles. The van der Waals surface area contributed by atoms with E-state index in [2.05, 4.69) is 10.6 Å². The van der Waals surface area contributed by atoms with Crippen LogP contribution < -0.4 is 31.3 Å². The van der Waals surface area contributed by atoms with Gasteiger partial charge in [-0.2, -0.15) is 30.6 Å². The van der Waals surface area contributed by atoms with Crippen LogP contribution in [0.25, 0.3) is 0 Å². The number of alkyl halides is 6. The highest BCUT2D eigenvalue weighted by atomic mass is 35.5. The predicted octanol–water partition coefficient (Wildman–Crippen LogP) is 3.79. The number of sulfonamides is 2. The van der Waals surface area contributed by atoms with E-state index in [9.17, 15) is 48.0 Å². The van der Waals surface area contributed by atoms with Gasteiger partial charge in [0, 0.05) is 80.3 Å². The van der Waals surface area contributed by atoms with Crippen LogP contribution in [-0.2, 0) is 36.2 Å². The average Bonchev–Trinajstić information content (AvgIpc) is 3.14. The third kappa shape index (κ3) is 15.6. The van der Waals surface area contributed by atoms with E-state index in [0.717, 1.165) is 21.8 Å². The summed E-state index contributed by atoms with van der Waals surface area (Å²) in [6.07, 6.45) is -9.12. The molecule has 1 saturated heterocycles.